The number of carbonyl (C=O) groups is 1. The Hall–Kier alpha value is -3.23. The molecule has 1 amide bonds. The number of benzene rings is 2. The van der Waals surface area contributed by atoms with E-state index in [4.69, 9.17) is 16.3 Å². The number of anilines is 1. The highest BCUT2D eigenvalue weighted by Gasteiger charge is 2.16. The van der Waals surface area contributed by atoms with Crippen LogP contribution in [0.25, 0.3) is 16.9 Å². The molecule has 0 atom stereocenters. The van der Waals surface area contributed by atoms with Gasteiger partial charge in [-0.05, 0) is 31.2 Å². The summed E-state index contributed by atoms with van der Waals surface area (Å²) in [5.41, 5.74) is 3.49. The van der Waals surface area contributed by atoms with Crippen LogP contribution in [-0.2, 0) is 0 Å². The monoisotopic (exact) mass is 425 g/mol. The summed E-state index contributed by atoms with van der Waals surface area (Å²) in [6.45, 7) is 2.00. The van der Waals surface area contributed by atoms with Crippen LogP contribution in [0.3, 0.4) is 0 Å². The number of rotatable bonds is 5. The van der Waals surface area contributed by atoms with Crippen molar-refractivity contribution in [3.8, 4) is 22.7 Å². The number of ether oxygens (including phenoxy) is 1. The topological polar surface area (TPSA) is 81.9 Å². The Morgan fingerprint density at radius 1 is 1.24 bits per heavy atom. The largest absolute Gasteiger partial charge is 0.496 e. The number of nitrogens with one attached hydrogen (secondary N) is 1. The smallest absolute Gasteiger partial charge is 0.279 e. The minimum atomic E-state index is -0.402. The van der Waals surface area contributed by atoms with Crippen LogP contribution in [-0.4, -0.2) is 33.0 Å². The number of thiazole rings is 1. The molecular weight excluding hydrogens is 410 g/mol. The Balaban J connectivity index is 1.54. The van der Waals surface area contributed by atoms with Crippen LogP contribution in [0.1, 0.15) is 16.1 Å². The molecule has 0 unspecified atom stereocenters. The average Bonchev–Trinajstić information content (AvgIpc) is 3.38. The number of nitrogens with zero attached hydrogens (tertiary/aromatic N) is 4. The van der Waals surface area contributed by atoms with Crippen molar-refractivity contribution in [3.63, 3.8) is 0 Å². The molecule has 29 heavy (non-hydrogen) atoms. The van der Waals surface area contributed by atoms with E-state index in [0.717, 1.165) is 22.6 Å². The van der Waals surface area contributed by atoms with Crippen molar-refractivity contribution in [2.75, 3.05) is 12.4 Å². The van der Waals surface area contributed by atoms with E-state index < -0.39 is 5.91 Å². The number of halogens is 1. The fraction of sp³-hybridized carbons (Fsp3) is 0.100. The zero-order valence-corrected chi connectivity index (χ0v) is 17.2. The molecule has 0 saturated heterocycles. The summed E-state index contributed by atoms with van der Waals surface area (Å²) in [6.07, 6.45) is 1.52. The highest BCUT2D eigenvalue weighted by atomic mass is 35.5. The number of amides is 1. The highest BCUT2D eigenvalue weighted by molar-refractivity contribution is 7.14. The summed E-state index contributed by atoms with van der Waals surface area (Å²) >= 11 is 7.49. The summed E-state index contributed by atoms with van der Waals surface area (Å²) in [7, 11) is 1.62. The highest BCUT2D eigenvalue weighted by Crippen LogP contribution is 2.33. The van der Waals surface area contributed by atoms with E-state index in [-0.39, 0.29) is 5.69 Å². The summed E-state index contributed by atoms with van der Waals surface area (Å²) in [5, 5.41) is 13.5. The van der Waals surface area contributed by atoms with E-state index in [1.807, 2.05) is 42.6 Å². The van der Waals surface area contributed by atoms with Gasteiger partial charge in [0, 0.05) is 10.9 Å². The van der Waals surface area contributed by atoms with E-state index in [1.165, 1.54) is 22.2 Å². The van der Waals surface area contributed by atoms with E-state index in [9.17, 15) is 4.79 Å². The van der Waals surface area contributed by atoms with Crippen molar-refractivity contribution in [1.82, 2.24) is 20.0 Å². The molecule has 4 rings (SSSR count). The van der Waals surface area contributed by atoms with Gasteiger partial charge in [0.05, 0.1) is 29.7 Å². The summed E-state index contributed by atoms with van der Waals surface area (Å²) in [5.74, 6) is 0.321. The fourth-order valence-corrected chi connectivity index (χ4v) is 3.69. The van der Waals surface area contributed by atoms with E-state index in [2.05, 4.69) is 20.6 Å². The zero-order valence-electron chi connectivity index (χ0n) is 15.6. The molecule has 7 nitrogen and oxygen atoms in total. The molecule has 2 heterocycles. The Morgan fingerprint density at radius 2 is 2.07 bits per heavy atom. The predicted octanol–water partition coefficient (Wildman–Crippen LogP) is 4.61. The van der Waals surface area contributed by atoms with Gasteiger partial charge in [-0.1, -0.05) is 40.6 Å². The quantitative estimate of drug-likeness (QED) is 0.504. The minimum Gasteiger partial charge on any atom is -0.496 e. The van der Waals surface area contributed by atoms with Crippen LogP contribution < -0.4 is 10.1 Å². The van der Waals surface area contributed by atoms with Crippen molar-refractivity contribution in [1.29, 1.82) is 0 Å². The molecule has 0 radical (unpaired) electrons. The maximum atomic E-state index is 12.5. The second kappa shape index (κ2) is 8.02. The van der Waals surface area contributed by atoms with Crippen LogP contribution in [0.15, 0.2) is 54.0 Å². The molecule has 0 fully saturated rings. The van der Waals surface area contributed by atoms with E-state index in [1.54, 1.807) is 19.2 Å². The fourth-order valence-electron chi connectivity index (χ4n) is 2.76. The first kappa shape index (κ1) is 19.1. The van der Waals surface area contributed by atoms with Crippen LogP contribution in [0.2, 0.25) is 5.02 Å². The van der Waals surface area contributed by atoms with Crippen LogP contribution in [0.4, 0.5) is 5.13 Å². The summed E-state index contributed by atoms with van der Waals surface area (Å²) in [4.78, 5) is 17.1. The van der Waals surface area contributed by atoms with Crippen molar-refractivity contribution in [3.05, 3.63) is 70.3 Å². The number of aryl methyl sites for hydroxylation is 1. The van der Waals surface area contributed by atoms with Gasteiger partial charge in [0.25, 0.3) is 5.91 Å². The number of carbonyl (C=O) groups excluding carboxylic acids is 1. The molecule has 0 spiro atoms. The Kier molecular flexibility index (Phi) is 5.28. The predicted molar refractivity (Wildman–Crippen MR) is 113 cm³/mol. The third kappa shape index (κ3) is 3.98. The van der Waals surface area contributed by atoms with Crippen molar-refractivity contribution < 1.29 is 9.53 Å². The van der Waals surface area contributed by atoms with Gasteiger partial charge < -0.3 is 4.74 Å². The Labute approximate surface area is 175 Å². The van der Waals surface area contributed by atoms with Gasteiger partial charge in [0.15, 0.2) is 10.8 Å². The minimum absolute atomic E-state index is 0.162. The van der Waals surface area contributed by atoms with E-state index in [0.29, 0.717) is 15.8 Å². The lowest BCUT2D eigenvalue weighted by Gasteiger charge is -2.07. The van der Waals surface area contributed by atoms with Crippen LogP contribution >= 0.6 is 22.9 Å². The number of methoxy groups -OCH3 is 1. The summed E-state index contributed by atoms with van der Waals surface area (Å²) < 4.78 is 6.87. The van der Waals surface area contributed by atoms with Crippen molar-refractivity contribution in [2.24, 2.45) is 0 Å². The normalized spacial score (nSPS) is 10.7. The number of hydrogen-bond donors (Lipinski definition) is 1. The standard InChI is InChI=1S/C20H16ClN5O2S/c1-12-7-8-18(28-2)13(9-12)16-11-29-20(22-16)23-19(27)15-10-26(25-24-15)17-6-4-3-5-14(17)21/h3-11H,1-2H3,(H,22,23,27). The van der Waals surface area contributed by atoms with E-state index >= 15 is 0 Å². The first-order valence-corrected chi connectivity index (χ1v) is 9.90. The molecule has 0 aliphatic carbocycles. The van der Waals surface area contributed by atoms with Gasteiger partial charge in [-0.15, -0.1) is 16.4 Å². The first-order chi connectivity index (χ1) is 14.0. The van der Waals surface area contributed by atoms with Gasteiger partial charge in [-0.3, -0.25) is 10.1 Å². The third-order valence-electron chi connectivity index (χ3n) is 4.18. The lowest BCUT2D eigenvalue weighted by molar-refractivity contribution is 0.102. The Morgan fingerprint density at radius 3 is 2.86 bits per heavy atom. The van der Waals surface area contributed by atoms with Crippen LogP contribution in [0.5, 0.6) is 5.75 Å². The molecule has 0 saturated carbocycles. The molecule has 0 aliphatic heterocycles. The SMILES string of the molecule is COc1ccc(C)cc1-c1csc(NC(=O)c2cn(-c3ccccc3Cl)nn2)n1. The molecule has 4 aromatic rings. The second-order valence-corrected chi connectivity index (χ2v) is 7.46. The molecule has 0 bridgehead atoms. The molecule has 0 aliphatic rings. The number of aromatic nitrogens is 4. The van der Waals surface area contributed by atoms with Gasteiger partial charge in [0.1, 0.15) is 5.75 Å². The molecule has 146 valence electrons. The second-order valence-electron chi connectivity index (χ2n) is 6.20. The summed E-state index contributed by atoms with van der Waals surface area (Å²) in [6, 6.07) is 13.1. The average molecular weight is 426 g/mol. The van der Waals surface area contributed by atoms with Crippen molar-refractivity contribution >= 4 is 34.0 Å². The molecular formula is C20H16ClN5O2S. The number of para-hydroxylation sites is 1. The third-order valence-corrected chi connectivity index (χ3v) is 5.26. The number of hydrogen-bond acceptors (Lipinski definition) is 6. The molecule has 2 aromatic heterocycles. The van der Waals surface area contributed by atoms with Crippen molar-refractivity contribution in [2.45, 2.75) is 6.92 Å². The maximum Gasteiger partial charge on any atom is 0.279 e. The van der Waals surface area contributed by atoms with Crippen LogP contribution in [0, 0.1) is 6.92 Å². The van der Waals surface area contributed by atoms with Gasteiger partial charge in [0.2, 0.25) is 0 Å². The lowest BCUT2D eigenvalue weighted by Crippen LogP contribution is -2.12. The van der Waals surface area contributed by atoms with Gasteiger partial charge >= 0.3 is 0 Å². The van der Waals surface area contributed by atoms with Gasteiger partial charge in [-0.25, -0.2) is 9.67 Å². The lowest BCUT2D eigenvalue weighted by atomic mass is 10.1. The first-order valence-electron chi connectivity index (χ1n) is 8.64. The zero-order chi connectivity index (χ0) is 20.4. The Bertz CT molecular complexity index is 1190. The molecule has 9 heteroatoms. The maximum absolute atomic E-state index is 12.5. The van der Waals surface area contributed by atoms with Gasteiger partial charge in [-0.2, -0.15) is 0 Å². The molecule has 1 N–H and O–H groups in total. The molecule has 2 aromatic carbocycles.